The number of benzene rings is 2. The molecular weight excluding hydrogens is 394 g/mol. The summed E-state index contributed by atoms with van der Waals surface area (Å²) in [5.41, 5.74) is 3.78. The Bertz CT molecular complexity index is 1150. The first-order chi connectivity index (χ1) is 15.2. The van der Waals surface area contributed by atoms with Crippen LogP contribution in [-0.4, -0.2) is 52.0 Å². The van der Waals surface area contributed by atoms with Crippen LogP contribution in [0.25, 0.3) is 17.0 Å². The molecule has 0 atom stereocenters. The molecule has 0 bridgehead atoms. The van der Waals surface area contributed by atoms with E-state index in [4.69, 9.17) is 9.47 Å². The summed E-state index contributed by atoms with van der Waals surface area (Å²) in [4.78, 5) is 11.7. The van der Waals surface area contributed by atoms with Crippen molar-refractivity contribution in [3.05, 3.63) is 65.7 Å². The van der Waals surface area contributed by atoms with E-state index in [9.17, 15) is 4.79 Å². The van der Waals surface area contributed by atoms with E-state index in [2.05, 4.69) is 45.1 Å². The van der Waals surface area contributed by atoms with E-state index in [0.29, 0.717) is 5.82 Å². The molecule has 3 aromatic rings. The number of para-hydroxylation sites is 1. The highest BCUT2D eigenvalue weighted by Gasteiger charge is 2.37. The number of ether oxygens (including phenoxy) is 2. The number of tetrazole rings is 1. The van der Waals surface area contributed by atoms with Crippen molar-refractivity contribution in [3.8, 4) is 17.1 Å². The Balaban J connectivity index is 1.57. The number of esters is 1. The van der Waals surface area contributed by atoms with Crippen LogP contribution < -0.4 is 10.1 Å². The largest absolute Gasteiger partial charge is 0.482 e. The van der Waals surface area contributed by atoms with Gasteiger partial charge in [0.1, 0.15) is 17.9 Å². The van der Waals surface area contributed by atoms with E-state index in [-0.39, 0.29) is 12.1 Å². The first-order valence-electron chi connectivity index (χ1n) is 10.3. The molecular formula is C23H23N5O3. The molecule has 158 valence electrons. The molecule has 0 radical (unpaired) electrons. The van der Waals surface area contributed by atoms with Crippen LogP contribution in [0.15, 0.2) is 54.6 Å². The lowest BCUT2D eigenvalue weighted by atomic mass is 9.83. The smallest absolute Gasteiger partial charge is 0.327 e. The summed E-state index contributed by atoms with van der Waals surface area (Å²) in [5, 5.41) is 15.2. The van der Waals surface area contributed by atoms with Crippen LogP contribution in [-0.2, 0) is 16.1 Å². The van der Waals surface area contributed by atoms with Gasteiger partial charge in [0.15, 0.2) is 5.82 Å². The van der Waals surface area contributed by atoms with Crippen LogP contribution >= 0.6 is 0 Å². The van der Waals surface area contributed by atoms with Crippen molar-refractivity contribution in [2.45, 2.75) is 25.0 Å². The summed E-state index contributed by atoms with van der Waals surface area (Å²) < 4.78 is 12.7. The third-order valence-electron chi connectivity index (χ3n) is 5.82. The molecule has 5 rings (SSSR count). The maximum absolute atomic E-state index is 11.7. The number of hydrogen-bond donors (Lipinski definition) is 1. The molecule has 31 heavy (non-hydrogen) atoms. The quantitative estimate of drug-likeness (QED) is 0.652. The zero-order chi connectivity index (χ0) is 21.3. The van der Waals surface area contributed by atoms with Gasteiger partial charge in [-0.15, -0.1) is 5.10 Å². The second kappa shape index (κ2) is 7.96. The first-order valence-corrected chi connectivity index (χ1v) is 10.3. The third-order valence-corrected chi connectivity index (χ3v) is 5.82. The second-order valence-corrected chi connectivity index (χ2v) is 7.79. The standard InChI is InChI=1S/C23H23N5O3/c1-30-21(29)15-28-22(25-26-27-28)17-6-4-5-16(13-17)19-14-23(9-11-24-12-10-23)31-20-8-3-2-7-18(19)20/h2-8,13-14,24H,9-12,15H2,1H3. The van der Waals surface area contributed by atoms with Crippen molar-refractivity contribution in [1.29, 1.82) is 0 Å². The Morgan fingerprint density at radius 2 is 1.97 bits per heavy atom. The van der Waals surface area contributed by atoms with Crippen molar-refractivity contribution < 1.29 is 14.3 Å². The zero-order valence-electron chi connectivity index (χ0n) is 17.2. The van der Waals surface area contributed by atoms with Crippen molar-refractivity contribution in [2.24, 2.45) is 0 Å². The van der Waals surface area contributed by atoms with Gasteiger partial charge in [0.05, 0.1) is 7.11 Å². The van der Waals surface area contributed by atoms with Gasteiger partial charge in [-0.1, -0.05) is 36.4 Å². The normalized spacial score (nSPS) is 16.9. The van der Waals surface area contributed by atoms with Crippen molar-refractivity contribution in [1.82, 2.24) is 25.5 Å². The summed E-state index contributed by atoms with van der Waals surface area (Å²) >= 11 is 0. The highest BCUT2D eigenvalue weighted by molar-refractivity contribution is 5.86. The minimum atomic E-state index is -0.404. The number of nitrogens with zero attached hydrogens (tertiary/aromatic N) is 4. The minimum absolute atomic E-state index is 0.0431. The average molecular weight is 417 g/mol. The van der Waals surface area contributed by atoms with E-state index in [1.165, 1.54) is 11.8 Å². The van der Waals surface area contributed by atoms with Gasteiger partial charge in [-0.05, 0) is 52.9 Å². The number of rotatable bonds is 4. The molecule has 2 aliphatic heterocycles. The number of carbonyl (C=O) groups is 1. The van der Waals surface area contributed by atoms with Gasteiger partial charge in [-0.25, -0.2) is 4.68 Å². The van der Waals surface area contributed by atoms with Crippen LogP contribution in [0, 0.1) is 0 Å². The van der Waals surface area contributed by atoms with Gasteiger partial charge in [-0.2, -0.15) is 0 Å². The molecule has 0 aliphatic carbocycles. The number of carbonyl (C=O) groups excluding carboxylic acids is 1. The van der Waals surface area contributed by atoms with Gasteiger partial charge < -0.3 is 14.8 Å². The summed E-state index contributed by atoms with van der Waals surface area (Å²) in [6.07, 6.45) is 4.11. The SMILES string of the molecule is COC(=O)Cn1nnnc1-c1cccc(C2=CC3(CCNCC3)Oc3ccccc32)c1. The second-order valence-electron chi connectivity index (χ2n) is 7.79. The molecule has 2 aliphatic rings. The lowest BCUT2D eigenvalue weighted by molar-refractivity contribution is -0.141. The Hall–Kier alpha value is -3.52. The Labute approximate surface area is 179 Å². The van der Waals surface area contributed by atoms with Gasteiger partial charge in [0, 0.05) is 24.0 Å². The van der Waals surface area contributed by atoms with Gasteiger partial charge in [-0.3, -0.25) is 4.79 Å². The third kappa shape index (κ3) is 3.70. The van der Waals surface area contributed by atoms with Crippen LogP contribution in [0.3, 0.4) is 0 Å². The molecule has 0 saturated carbocycles. The highest BCUT2D eigenvalue weighted by Crippen LogP contribution is 2.42. The van der Waals surface area contributed by atoms with Gasteiger partial charge >= 0.3 is 5.97 Å². The van der Waals surface area contributed by atoms with E-state index >= 15 is 0 Å². The predicted molar refractivity (Wildman–Crippen MR) is 114 cm³/mol. The lowest BCUT2D eigenvalue weighted by Gasteiger charge is -2.40. The number of hydrogen-bond acceptors (Lipinski definition) is 7. The fourth-order valence-electron chi connectivity index (χ4n) is 4.23. The Morgan fingerprint density at radius 3 is 2.81 bits per heavy atom. The molecule has 3 heterocycles. The molecule has 1 fully saturated rings. The average Bonchev–Trinajstić information content (AvgIpc) is 3.27. The van der Waals surface area contributed by atoms with E-state index < -0.39 is 5.97 Å². The number of aromatic nitrogens is 4. The monoisotopic (exact) mass is 417 g/mol. The first kappa shape index (κ1) is 19.4. The van der Waals surface area contributed by atoms with Crippen LogP contribution in [0.5, 0.6) is 5.75 Å². The topological polar surface area (TPSA) is 91.2 Å². The molecule has 1 spiro atoms. The molecule has 2 aromatic carbocycles. The lowest BCUT2D eigenvalue weighted by Crippen LogP contribution is -2.46. The molecule has 8 heteroatoms. The van der Waals surface area contributed by atoms with Gasteiger partial charge in [0.2, 0.25) is 0 Å². The molecule has 1 saturated heterocycles. The van der Waals surface area contributed by atoms with Gasteiger partial charge in [0.25, 0.3) is 0 Å². The highest BCUT2D eigenvalue weighted by atomic mass is 16.5. The Kier molecular flexibility index (Phi) is 4.99. The molecule has 1 aromatic heterocycles. The van der Waals surface area contributed by atoms with Crippen molar-refractivity contribution >= 4 is 11.5 Å². The zero-order valence-corrected chi connectivity index (χ0v) is 17.2. The number of nitrogens with one attached hydrogen (secondary N) is 1. The van der Waals surface area contributed by atoms with Crippen LogP contribution in [0.1, 0.15) is 24.0 Å². The fraction of sp³-hybridized carbons (Fsp3) is 0.304. The fourth-order valence-corrected chi connectivity index (χ4v) is 4.23. The van der Waals surface area contributed by atoms with Crippen LogP contribution in [0.4, 0.5) is 0 Å². The summed E-state index contributed by atoms with van der Waals surface area (Å²) in [6, 6.07) is 16.2. The predicted octanol–water partition coefficient (Wildman–Crippen LogP) is 2.46. The molecule has 0 unspecified atom stereocenters. The van der Waals surface area contributed by atoms with Crippen molar-refractivity contribution in [2.75, 3.05) is 20.2 Å². The van der Waals surface area contributed by atoms with Crippen LogP contribution in [0.2, 0.25) is 0 Å². The summed E-state index contributed by atoms with van der Waals surface area (Å²) in [6.45, 7) is 1.81. The molecule has 8 nitrogen and oxygen atoms in total. The minimum Gasteiger partial charge on any atom is -0.482 e. The summed E-state index contributed by atoms with van der Waals surface area (Å²) in [5.74, 6) is 1.02. The maximum Gasteiger partial charge on any atom is 0.327 e. The molecule has 1 N–H and O–H groups in total. The van der Waals surface area contributed by atoms with E-state index in [0.717, 1.165) is 53.9 Å². The number of piperidine rings is 1. The van der Waals surface area contributed by atoms with E-state index in [1.54, 1.807) is 0 Å². The maximum atomic E-state index is 11.7. The Morgan fingerprint density at radius 1 is 1.16 bits per heavy atom. The number of fused-ring (bicyclic) bond motifs is 1. The molecule has 0 amide bonds. The summed E-state index contributed by atoms with van der Waals surface area (Å²) in [7, 11) is 1.35. The number of methoxy groups -OCH3 is 1. The van der Waals surface area contributed by atoms with E-state index in [1.807, 2.05) is 30.3 Å². The van der Waals surface area contributed by atoms with Crippen molar-refractivity contribution in [3.63, 3.8) is 0 Å².